The Morgan fingerprint density at radius 3 is 2.35 bits per heavy atom. The van der Waals surface area contributed by atoms with Gasteiger partial charge in [0.15, 0.2) is 0 Å². The van der Waals surface area contributed by atoms with Gasteiger partial charge in [-0.2, -0.15) is 0 Å². The molecule has 1 aliphatic heterocycles. The molecule has 4 heteroatoms. The molecule has 1 rings (SSSR count). The molecule has 1 aliphatic rings. The summed E-state index contributed by atoms with van der Waals surface area (Å²) >= 11 is 0. The molecule has 17 heavy (non-hydrogen) atoms. The molecule has 1 atom stereocenters. The van der Waals surface area contributed by atoms with Gasteiger partial charge >= 0.3 is 5.97 Å². The minimum atomic E-state index is -0.229. The standard InChI is InChI=1S/C13H25NO3/c1-7-14(9-11(15)16-6)10-8-12(2,3)17-13(10,4)5/h10H,7-9H2,1-6H3. The van der Waals surface area contributed by atoms with Crippen LogP contribution in [0.15, 0.2) is 0 Å². The summed E-state index contributed by atoms with van der Waals surface area (Å²) in [5.41, 5.74) is -0.356. The second-order valence-electron chi connectivity index (χ2n) is 5.82. The third-order valence-corrected chi connectivity index (χ3v) is 3.43. The van der Waals surface area contributed by atoms with Crippen LogP contribution in [-0.4, -0.2) is 48.3 Å². The van der Waals surface area contributed by atoms with Crippen molar-refractivity contribution in [1.29, 1.82) is 0 Å². The van der Waals surface area contributed by atoms with Crippen LogP contribution >= 0.6 is 0 Å². The molecule has 0 aromatic rings. The first-order valence-corrected chi connectivity index (χ1v) is 6.23. The highest BCUT2D eigenvalue weighted by Crippen LogP contribution is 2.39. The molecule has 100 valence electrons. The number of nitrogens with zero attached hydrogens (tertiary/aromatic N) is 1. The number of hydrogen-bond donors (Lipinski definition) is 0. The van der Waals surface area contributed by atoms with Crippen LogP contribution in [0.25, 0.3) is 0 Å². The number of methoxy groups -OCH3 is 1. The molecule has 0 saturated carbocycles. The summed E-state index contributed by atoms with van der Waals surface area (Å²) in [5, 5.41) is 0. The number of carbonyl (C=O) groups is 1. The molecule has 0 radical (unpaired) electrons. The first-order valence-electron chi connectivity index (χ1n) is 6.23. The SMILES string of the molecule is CCN(CC(=O)OC)C1CC(C)(C)OC1(C)C. The summed E-state index contributed by atoms with van der Waals surface area (Å²) in [6.45, 7) is 11.6. The molecule has 1 heterocycles. The van der Waals surface area contributed by atoms with E-state index in [1.54, 1.807) is 0 Å². The zero-order valence-corrected chi connectivity index (χ0v) is 11.9. The molecule has 0 aliphatic carbocycles. The van der Waals surface area contributed by atoms with E-state index in [1.807, 2.05) is 0 Å². The van der Waals surface area contributed by atoms with Gasteiger partial charge in [-0.05, 0) is 40.7 Å². The highest BCUT2D eigenvalue weighted by molar-refractivity contribution is 5.71. The van der Waals surface area contributed by atoms with Crippen LogP contribution in [0.1, 0.15) is 41.0 Å². The van der Waals surface area contributed by atoms with Crippen molar-refractivity contribution in [3.63, 3.8) is 0 Å². The monoisotopic (exact) mass is 243 g/mol. The van der Waals surface area contributed by atoms with Crippen molar-refractivity contribution in [3.05, 3.63) is 0 Å². The summed E-state index contributed by atoms with van der Waals surface area (Å²) in [6, 6.07) is 0.251. The molecule has 0 spiro atoms. The number of likely N-dealkylation sites (N-methyl/N-ethyl adjacent to an activating group) is 1. The number of hydrogen-bond acceptors (Lipinski definition) is 4. The van der Waals surface area contributed by atoms with Crippen molar-refractivity contribution in [3.8, 4) is 0 Å². The van der Waals surface area contributed by atoms with Crippen molar-refractivity contribution in [2.24, 2.45) is 0 Å². The largest absolute Gasteiger partial charge is 0.468 e. The van der Waals surface area contributed by atoms with Crippen molar-refractivity contribution >= 4 is 5.97 Å². The Morgan fingerprint density at radius 2 is 2.00 bits per heavy atom. The van der Waals surface area contributed by atoms with Crippen LogP contribution in [-0.2, 0) is 14.3 Å². The molecule has 0 amide bonds. The molecule has 0 aromatic carbocycles. The van der Waals surface area contributed by atoms with Gasteiger partial charge in [0.1, 0.15) is 0 Å². The highest BCUT2D eigenvalue weighted by atomic mass is 16.5. The quantitative estimate of drug-likeness (QED) is 0.706. The Balaban J connectivity index is 2.78. The van der Waals surface area contributed by atoms with Crippen molar-refractivity contribution in [2.75, 3.05) is 20.2 Å². The molecule has 1 fully saturated rings. The predicted octanol–water partition coefficient (Wildman–Crippen LogP) is 1.83. The lowest BCUT2D eigenvalue weighted by atomic mass is 9.93. The molecular weight excluding hydrogens is 218 g/mol. The maximum Gasteiger partial charge on any atom is 0.319 e. The van der Waals surface area contributed by atoms with Crippen LogP contribution < -0.4 is 0 Å². The second kappa shape index (κ2) is 4.94. The van der Waals surface area contributed by atoms with Gasteiger partial charge in [-0.25, -0.2) is 0 Å². The highest BCUT2D eigenvalue weighted by Gasteiger charge is 2.48. The Bertz CT molecular complexity index is 286. The van der Waals surface area contributed by atoms with Gasteiger partial charge in [-0.1, -0.05) is 6.92 Å². The van der Waals surface area contributed by atoms with E-state index in [2.05, 4.69) is 39.5 Å². The Labute approximate surface area is 104 Å². The maximum absolute atomic E-state index is 11.4. The molecule has 0 bridgehead atoms. The second-order valence-corrected chi connectivity index (χ2v) is 5.82. The lowest BCUT2D eigenvalue weighted by Gasteiger charge is -2.34. The van der Waals surface area contributed by atoms with E-state index >= 15 is 0 Å². The summed E-state index contributed by atoms with van der Waals surface area (Å²) in [7, 11) is 1.43. The minimum Gasteiger partial charge on any atom is -0.468 e. The zero-order chi connectivity index (χ0) is 13.3. The van der Waals surface area contributed by atoms with Crippen LogP contribution in [0, 0.1) is 0 Å². The fourth-order valence-corrected chi connectivity index (χ4v) is 2.77. The van der Waals surface area contributed by atoms with E-state index in [0.717, 1.165) is 13.0 Å². The van der Waals surface area contributed by atoms with E-state index < -0.39 is 0 Å². The first-order chi connectivity index (χ1) is 7.72. The minimum absolute atomic E-state index is 0.127. The van der Waals surface area contributed by atoms with Crippen molar-refractivity contribution in [1.82, 2.24) is 4.90 Å². The van der Waals surface area contributed by atoms with Crippen LogP contribution in [0.2, 0.25) is 0 Å². The predicted molar refractivity (Wildman–Crippen MR) is 66.9 cm³/mol. The van der Waals surface area contributed by atoms with Gasteiger partial charge in [0.25, 0.3) is 0 Å². The Hall–Kier alpha value is -0.610. The number of carbonyl (C=O) groups excluding carboxylic acids is 1. The number of rotatable bonds is 4. The van der Waals surface area contributed by atoms with Crippen LogP contribution in [0.4, 0.5) is 0 Å². The van der Waals surface area contributed by atoms with E-state index in [1.165, 1.54) is 7.11 Å². The Kier molecular flexibility index (Phi) is 4.20. The van der Waals surface area contributed by atoms with E-state index in [-0.39, 0.29) is 23.2 Å². The van der Waals surface area contributed by atoms with Crippen LogP contribution in [0.3, 0.4) is 0 Å². The zero-order valence-electron chi connectivity index (χ0n) is 11.9. The first kappa shape index (κ1) is 14.5. The van der Waals surface area contributed by atoms with Crippen molar-refractivity contribution in [2.45, 2.75) is 58.3 Å². The fraction of sp³-hybridized carbons (Fsp3) is 0.923. The average Bonchev–Trinajstić information content (AvgIpc) is 2.42. The van der Waals surface area contributed by atoms with Gasteiger partial charge in [-0.3, -0.25) is 9.69 Å². The molecule has 1 saturated heterocycles. The topological polar surface area (TPSA) is 38.8 Å². The summed E-state index contributed by atoms with van der Waals surface area (Å²) in [4.78, 5) is 13.5. The molecule has 0 N–H and O–H groups in total. The van der Waals surface area contributed by atoms with Gasteiger partial charge in [0.05, 0.1) is 24.9 Å². The third kappa shape index (κ3) is 3.42. The lowest BCUT2D eigenvalue weighted by Crippen LogP contribution is -2.48. The summed E-state index contributed by atoms with van der Waals surface area (Å²) in [5.74, 6) is -0.188. The van der Waals surface area contributed by atoms with E-state index in [4.69, 9.17) is 9.47 Å². The lowest BCUT2D eigenvalue weighted by molar-refractivity contribution is -0.143. The van der Waals surface area contributed by atoms with Crippen LogP contribution in [0.5, 0.6) is 0 Å². The normalized spacial score (nSPS) is 26.2. The molecule has 1 unspecified atom stereocenters. The van der Waals surface area contributed by atoms with Gasteiger partial charge in [0.2, 0.25) is 0 Å². The number of esters is 1. The van der Waals surface area contributed by atoms with Gasteiger partial charge in [0, 0.05) is 6.04 Å². The van der Waals surface area contributed by atoms with E-state index in [0.29, 0.717) is 6.54 Å². The Morgan fingerprint density at radius 1 is 1.41 bits per heavy atom. The molecule has 0 aromatic heterocycles. The average molecular weight is 243 g/mol. The third-order valence-electron chi connectivity index (χ3n) is 3.43. The fourth-order valence-electron chi connectivity index (χ4n) is 2.77. The maximum atomic E-state index is 11.4. The van der Waals surface area contributed by atoms with E-state index in [9.17, 15) is 4.79 Å². The number of ether oxygens (including phenoxy) is 2. The smallest absolute Gasteiger partial charge is 0.319 e. The summed E-state index contributed by atoms with van der Waals surface area (Å²) in [6.07, 6.45) is 0.935. The van der Waals surface area contributed by atoms with Crippen molar-refractivity contribution < 1.29 is 14.3 Å². The molecule has 4 nitrogen and oxygen atoms in total. The summed E-state index contributed by atoms with van der Waals surface area (Å²) < 4.78 is 10.8. The molecular formula is C13H25NO3. The van der Waals surface area contributed by atoms with Gasteiger partial charge in [-0.15, -0.1) is 0 Å². The van der Waals surface area contributed by atoms with Gasteiger partial charge < -0.3 is 9.47 Å².